The van der Waals surface area contributed by atoms with E-state index in [2.05, 4.69) is 15.5 Å². The Morgan fingerprint density at radius 2 is 2.33 bits per heavy atom. The number of hydrogen-bond acceptors (Lipinski definition) is 5. The zero-order valence-electron chi connectivity index (χ0n) is 9.47. The predicted octanol–water partition coefficient (Wildman–Crippen LogP) is 0.786. The Morgan fingerprint density at radius 1 is 1.56 bits per heavy atom. The van der Waals surface area contributed by atoms with Crippen LogP contribution in [-0.2, 0) is 9.53 Å². The van der Waals surface area contributed by atoms with Gasteiger partial charge in [-0.2, -0.15) is 0 Å². The van der Waals surface area contributed by atoms with Gasteiger partial charge in [-0.05, 0) is 17.9 Å². The Bertz CT molecular complexity index is 558. The average Bonchev–Trinajstić information content (AvgIpc) is 2.91. The van der Waals surface area contributed by atoms with Gasteiger partial charge in [-0.3, -0.25) is 4.79 Å². The third-order valence-electron chi connectivity index (χ3n) is 2.20. The number of nitro groups is 1. The highest BCUT2D eigenvalue weighted by molar-refractivity contribution is 6.24. The Balaban J connectivity index is 2.27. The number of aromatic nitrogens is 1. The van der Waals surface area contributed by atoms with Crippen molar-refractivity contribution in [1.82, 2.24) is 10.4 Å². The predicted molar refractivity (Wildman–Crippen MR) is 62.6 cm³/mol. The molecule has 0 fully saturated rings. The summed E-state index contributed by atoms with van der Waals surface area (Å²) in [4.78, 5) is 24.0. The lowest BCUT2D eigenvalue weighted by atomic mass is 10.2. The molecule has 0 radical (unpaired) electrons. The summed E-state index contributed by atoms with van der Waals surface area (Å²) in [5.41, 5.74) is 2.92. The van der Waals surface area contributed by atoms with Crippen LogP contribution < -0.4 is 5.43 Å². The molecule has 18 heavy (non-hydrogen) atoms. The first kappa shape index (κ1) is 11.8. The van der Waals surface area contributed by atoms with Crippen molar-refractivity contribution >= 4 is 23.7 Å². The normalized spacial score (nSPS) is 16.6. The molecule has 8 heteroatoms. The maximum absolute atomic E-state index is 11.5. The lowest BCUT2D eigenvalue weighted by molar-refractivity contribution is -0.389. The molecule has 2 rings (SSSR count). The second kappa shape index (κ2) is 4.70. The van der Waals surface area contributed by atoms with Gasteiger partial charge in [0.2, 0.25) is 5.90 Å². The molecular formula is C10H10N4O4. The van der Waals surface area contributed by atoms with Crippen LogP contribution in [0.3, 0.4) is 0 Å². The molecule has 0 saturated heterocycles. The third-order valence-corrected chi connectivity index (χ3v) is 2.20. The van der Waals surface area contributed by atoms with Crippen LogP contribution in [0.15, 0.2) is 22.8 Å². The third kappa shape index (κ3) is 2.21. The van der Waals surface area contributed by atoms with Gasteiger partial charge < -0.3 is 14.9 Å². The molecule has 0 atom stereocenters. The van der Waals surface area contributed by atoms with E-state index in [-0.39, 0.29) is 17.3 Å². The van der Waals surface area contributed by atoms with Crippen molar-refractivity contribution in [2.45, 2.75) is 6.92 Å². The molecule has 2 N–H and O–H groups in total. The smallest absolute Gasteiger partial charge is 0.321 e. The topological polar surface area (TPSA) is 110 Å². The van der Waals surface area contributed by atoms with Crippen LogP contribution in [0.2, 0.25) is 0 Å². The average molecular weight is 250 g/mol. The highest BCUT2D eigenvalue weighted by atomic mass is 16.6. The van der Waals surface area contributed by atoms with E-state index in [9.17, 15) is 14.9 Å². The molecule has 1 aromatic rings. The van der Waals surface area contributed by atoms with E-state index >= 15 is 0 Å². The molecule has 1 aromatic heterocycles. The van der Waals surface area contributed by atoms with Gasteiger partial charge in [0.05, 0.1) is 6.61 Å². The van der Waals surface area contributed by atoms with Crippen molar-refractivity contribution in [2.24, 2.45) is 5.10 Å². The minimum absolute atomic E-state index is 0.143. The molecule has 0 unspecified atom stereocenters. The first-order chi connectivity index (χ1) is 8.61. The second-order valence-electron chi connectivity index (χ2n) is 3.40. The van der Waals surface area contributed by atoms with Crippen molar-refractivity contribution in [3.05, 3.63) is 33.5 Å². The van der Waals surface area contributed by atoms with Crippen molar-refractivity contribution in [3.63, 3.8) is 0 Å². The van der Waals surface area contributed by atoms with E-state index < -0.39 is 10.8 Å². The zero-order valence-corrected chi connectivity index (χ0v) is 9.47. The van der Waals surface area contributed by atoms with E-state index in [0.29, 0.717) is 12.3 Å². The van der Waals surface area contributed by atoms with Gasteiger partial charge in [-0.1, -0.05) is 0 Å². The number of rotatable bonds is 3. The van der Waals surface area contributed by atoms with Gasteiger partial charge in [-0.15, -0.1) is 5.10 Å². The van der Waals surface area contributed by atoms with Crippen LogP contribution in [-0.4, -0.2) is 28.3 Å². The highest BCUT2D eigenvalue weighted by Gasteiger charge is 2.24. The summed E-state index contributed by atoms with van der Waals surface area (Å²) in [5.74, 6) is -0.370. The van der Waals surface area contributed by atoms with Crippen molar-refractivity contribution in [2.75, 3.05) is 6.61 Å². The first-order valence-corrected chi connectivity index (χ1v) is 5.18. The number of ether oxygens (including phenoxy) is 1. The molecule has 2 heterocycles. The van der Waals surface area contributed by atoms with Crippen molar-refractivity contribution < 1.29 is 14.5 Å². The molecule has 0 aromatic carbocycles. The minimum Gasteiger partial charge on any atom is -0.476 e. The summed E-state index contributed by atoms with van der Waals surface area (Å²) in [6.07, 6.45) is 1.45. The molecule has 0 bridgehead atoms. The zero-order chi connectivity index (χ0) is 13.1. The number of aromatic amines is 1. The van der Waals surface area contributed by atoms with Crippen LogP contribution in [0.5, 0.6) is 0 Å². The fourth-order valence-electron chi connectivity index (χ4n) is 1.44. The van der Waals surface area contributed by atoms with Crippen LogP contribution in [0.4, 0.5) is 5.82 Å². The van der Waals surface area contributed by atoms with Gasteiger partial charge in [-0.25, -0.2) is 10.4 Å². The molecule has 1 amide bonds. The number of nitrogens with zero attached hydrogens (tertiary/aromatic N) is 2. The Morgan fingerprint density at radius 3 is 2.94 bits per heavy atom. The fraction of sp³-hybridized carbons (Fsp3) is 0.200. The van der Waals surface area contributed by atoms with Crippen LogP contribution >= 0.6 is 0 Å². The van der Waals surface area contributed by atoms with Crippen LogP contribution in [0, 0.1) is 10.1 Å². The van der Waals surface area contributed by atoms with E-state index in [1.165, 1.54) is 18.2 Å². The van der Waals surface area contributed by atoms with Crippen molar-refractivity contribution in [3.8, 4) is 0 Å². The monoisotopic (exact) mass is 250 g/mol. The largest absolute Gasteiger partial charge is 0.476 e. The SMILES string of the molecule is CCOC1=NNC(=O)C1=Cc1ccc([N+](=O)[O-])[nH]1. The summed E-state index contributed by atoms with van der Waals surface area (Å²) in [6.45, 7) is 2.14. The fourth-order valence-corrected chi connectivity index (χ4v) is 1.44. The van der Waals surface area contributed by atoms with Crippen LogP contribution in [0.1, 0.15) is 12.6 Å². The molecule has 0 aliphatic carbocycles. The van der Waals surface area contributed by atoms with Crippen LogP contribution in [0.25, 0.3) is 6.08 Å². The molecule has 8 nitrogen and oxygen atoms in total. The first-order valence-electron chi connectivity index (χ1n) is 5.18. The molecule has 0 saturated carbocycles. The lowest BCUT2D eigenvalue weighted by Gasteiger charge is -2.00. The maximum Gasteiger partial charge on any atom is 0.321 e. The molecule has 94 valence electrons. The standard InChI is InChI=1S/C10H10N4O4/c1-2-18-10-7(9(15)12-13-10)5-6-3-4-8(11-6)14(16)17/h3-5,11H,2H2,1H3,(H,12,15). The minimum atomic E-state index is -0.547. The van der Waals surface area contributed by atoms with E-state index in [0.717, 1.165) is 0 Å². The summed E-state index contributed by atoms with van der Waals surface area (Å²) < 4.78 is 5.16. The highest BCUT2D eigenvalue weighted by Crippen LogP contribution is 2.16. The van der Waals surface area contributed by atoms with Gasteiger partial charge in [0.1, 0.15) is 11.3 Å². The number of amides is 1. The maximum atomic E-state index is 11.5. The van der Waals surface area contributed by atoms with E-state index in [4.69, 9.17) is 4.74 Å². The number of hydrogen-bond donors (Lipinski definition) is 2. The van der Waals surface area contributed by atoms with Gasteiger partial charge in [0.25, 0.3) is 5.91 Å². The van der Waals surface area contributed by atoms with Crippen molar-refractivity contribution in [1.29, 1.82) is 0 Å². The Kier molecular flexibility index (Phi) is 3.09. The van der Waals surface area contributed by atoms with E-state index in [1.54, 1.807) is 6.92 Å². The molecular weight excluding hydrogens is 240 g/mol. The van der Waals surface area contributed by atoms with Gasteiger partial charge in [0, 0.05) is 12.1 Å². The number of carbonyl (C=O) groups is 1. The second-order valence-corrected chi connectivity index (χ2v) is 3.40. The summed E-state index contributed by atoms with van der Waals surface area (Å²) in [6, 6.07) is 2.82. The number of nitrogens with one attached hydrogen (secondary N) is 2. The lowest BCUT2D eigenvalue weighted by Crippen LogP contribution is -2.14. The van der Waals surface area contributed by atoms with Gasteiger partial charge >= 0.3 is 5.82 Å². The summed E-state index contributed by atoms with van der Waals surface area (Å²) in [7, 11) is 0. The number of hydrazone groups is 1. The molecule has 1 aliphatic rings. The molecule has 1 aliphatic heterocycles. The summed E-state index contributed by atoms with van der Waals surface area (Å²) >= 11 is 0. The number of carbonyl (C=O) groups excluding carboxylic acids is 1. The summed E-state index contributed by atoms with van der Waals surface area (Å²) in [5, 5.41) is 14.2. The molecule has 0 spiro atoms. The quantitative estimate of drug-likeness (QED) is 0.469. The van der Waals surface area contributed by atoms with E-state index in [1.807, 2.05) is 0 Å². The number of H-pyrrole nitrogens is 1. The Hall–Kier alpha value is -2.64. The Labute approximate surface area is 101 Å². The van der Waals surface area contributed by atoms with Gasteiger partial charge in [0.15, 0.2) is 0 Å².